The fraction of sp³-hybridized carbons (Fsp3) is 0.471. The molecular formula is C17H26ClN3O3S. The molecule has 6 nitrogen and oxygen atoms in total. The Bertz CT molecular complexity index is 732. The molecule has 1 aliphatic heterocycles. The minimum Gasteiger partial charge on any atom is -0.348 e. The van der Waals surface area contributed by atoms with Gasteiger partial charge in [0.05, 0.1) is 4.90 Å². The van der Waals surface area contributed by atoms with E-state index in [0.29, 0.717) is 12.1 Å². The number of nitrogens with zero attached hydrogens (tertiary/aromatic N) is 1. The number of hydrogen-bond acceptors (Lipinski definition) is 4. The Balaban J connectivity index is 0.00000312. The normalized spacial score (nSPS) is 14.8. The lowest BCUT2D eigenvalue weighted by atomic mass is 10.1. The first-order valence-corrected chi connectivity index (χ1v) is 9.51. The fourth-order valence-corrected chi connectivity index (χ4v) is 3.78. The molecular weight excluding hydrogens is 362 g/mol. The molecule has 0 aliphatic carbocycles. The lowest BCUT2D eigenvalue weighted by Gasteiger charge is -2.21. The third-order valence-corrected chi connectivity index (χ3v) is 6.16. The van der Waals surface area contributed by atoms with Crippen LogP contribution in [0.5, 0.6) is 0 Å². The zero-order valence-electron chi connectivity index (χ0n) is 14.8. The number of carbonyl (C=O) groups is 1. The van der Waals surface area contributed by atoms with Gasteiger partial charge < -0.3 is 10.6 Å². The van der Waals surface area contributed by atoms with Crippen molar-refractivity contribution in [3.63, 3.8) is 0 Å². The molecule has 0 aromatic heterocycles. The van der Waals surface area contributed by atoms with E-state index in [2.05, 4.69) is 16.7 Å². The minimum absolute atomic E-state index is 0. The van der Waals surface area contributed by atoms with Gasteiger partial charge in [0.15, 0.2) is 0 Å². The van der Waals surface area contributed by atoms with Gasteiger partial charge in [0, 0.05) is 31.7 Å². The van der Waals surface area contributed by atoms with Gasteiger partial charge in [0.2, 0.25) is 10.0 Å². The topological polar surface area (TPSA) is 78.5 Å². The number of rotatable bonds is 6. The molecule has 0 atom stereocenters. The van der Waals surface area contributed by atoms with E-state index in [9.17, 15) is 13.2 Å². The number of carbonyl (C=O) groups excluding carboxylic acids is 1. The average molecular weight is 388 g/mol. The molecule has 1 aromatic carbocycles. The largest absolute Gasteiger partial charge is 0.348 e. The number of sulfonamides is 1. The smallest absolute Gasteiger partial charge is 0.251 e. The van der Waals surface area contributed by atoms with Crippen LogP contribution in [-0.2, 0) is 10.0 Å². The molecule has 8 heteroatoms. The van der Waals surface area contributed by atoms with Gasteiger partial charge in [-0.3, -0.25) is 4.79 Å². The summed E-state index contributed by atoms with van der Waals surface area (Å²) in [4.78, 5) is 12.4. The van der Waals surface area contributed by atoms with Gasteiger partial charge in [0.1, 0.15) is 0 Å². The molecule has 0 spiro atoms. The van der Waals surface area contributed by atoms with E-state index in [-0.39, 0.29) is 29.3 Å². The molecule has 0 bridgehead atoms. The maximum Gasteiger partial charge on any atom is 0.251 e. The van der Waals surface area contributed by atoms with Crippen LogP contribution < -0.4 is 10.6 Å². The minimum atomic E-state index is -3.60. The Morgan fingerprint density at radius 2 is 2.08 bits per heavy atom. The summed E-state index contributed by atoms with van der Waals surface area (Å²) in [7, 11) is -2.06. The molecule has 0 saturated heterocycles. The lowest BCUT2D eigenvalue weighted by Crippen LogP contribution is -2.33. The molecule has 2 rings (SSSR count). The third-order valence-electron chi connectivity index (χ3n) is 4.13. The van der Waals surface area contributed by atoms with Crippen LogP contribution in [0, 0.1) is 0 Å². The van der Waals surface area contributed by atoms with Gasteiger partial charge in [-0.05, 0) is 45.0 Å². The van der Waals surface area contributed by atoms with Gasteiger partial charge in [-0.1, -0.05) is 17.7 Å². The second kappa shape index (κ2) is 9.33. The van der Waals surface area contributed by atoms with Crippen molar-refractivity contribution in [2.75, 3.05) is 26.7 Å². The SMILES string of the molecule is CC(C)N(C)S(=O)(=O)c1cccc(C(=O)NCC2=CCNCC2)c1.Cl. The van der Waals surface area contributed by atoms with Crippen molar-refractivity contribution in [3.05, 3.63) is 41.5 Å². The summed E-state index contributed by atoms with van der Waals surface area (Å²) in [6, 6.07) is 6.01. The zero-order chi connectivity index (χ0) is 17.7. The monoisotopic (exact) mass is 387 g/mol. The van der Waals surface area contributed by atoms with Crippen molar-refractivity contribution in [3.8, 4) is 0 Å². The Morgan fingerprint density at radius 1 is 1.36 bits per heavy atom. The van der Waals surface area contributed by atoms with E-state index in [0.717, 1.165) is 19.5 Å². The summed E-state index contributed by atoms with van der Waals surface area (Å²) in [5.74, 6) is -0.265. The van der Waals surface area contributed by atoms with Crippen molar-refractivity contribution in [1.82, 2.24) is 14.9 Å². The van der Waals surface area contributed by atoms with Crippen LogP contribution in [0.25, 0.3) is 0 Å². The van der Waals surface area contributed by atoms with E-state index in [1.807, 2.05) is 0 Å². The van der Waals surface area contributed by atoms with Crippen molar-refractivity contribution < 1.29 is 13.2 Å². The van der Waals surface area contributed by atoms with Gasteiger partial charge in [-0.2, -0.15) is 4.31 Å². The number of benzene rings is 1. The predicted octanol–water partition coefficient (Wildman–Crippen LogP) is 1.79. The van der Waals surface area contributed by atoms with Crippen LogP contribution in [0.4, 0.5) is 0 Å². The molecule has 0 fully saturated rings. The molecule has 1 heterocycles. The van der Waals surface area contributed by atoms with Crippen LogP contribution in [0.2, 0.25) is 0 Å². The summed E-state index contributed by atoms with van der Waals surface area (Å²) in [6.07, 6.45) is 2.98. The highest BCUT2D eigenvalue weighted by Crippen LogP contribution is 2.18. The lowest BCUT2D eigenvalue weighted by molar-refractivity contribution is 0.0956. The second-order valence-corrected chi connectivity index (χ2v) is 8.14. The molecule has 140 valence electrons. The summed E-state index contributed by atoms with van der Waals surface area (Å²) in [5, 5.41) is 6.07. The third kappa shape index (κ3) is 5.54. The van der Waals surface area contributed by atoms with E-state index >= 15 is 0 Å². The molecule has 1 aliphatic rings. The van der Waals surface area contributed by atoms with E-state index in [1.165, 1.54) is 29.1 Å². The predicted molar refractivity (Wildman–Crippen MR) is 102 cm³/mol. The van der Waals surface area contributed by atoms with Gasteiger partial charge >= 0.3 is 0 Å². The van der Waals surface area contributed by atoms with Gasteiger partial charge in [-0.25, -0.2) is 8.42 Å². The van der Waals surface area contributed by atoms with Crippen LogP contribution >= 0.6 is 12.4 Å². The highest BCUT2D eigenvalue weighted by molar-refractivity contribution is 7.89. The summed E-state index contributed by atoms with van der Waals surface area (Å²) in [5.41, 5.74) is 1.54. The van der Waals surface area contributed by atoms with E-state index in [4.69, 9.17) is 0 Å². The van der Waals surface area contributed by atoms with Crippen LogP contribution in [0.3, 0.4) is 0 Å². The number of hydrogen-bond donors (Lipinski definition) is 2. The van der Waals surface area contributed by atoms with Crippen molar-refractivity contribution in [2.45, 2.75) is 31.2 Å². The van der Waals surface area contributed by atoms with Gasteiger partial charge in [-0.15, -0.1) is 12.4 Å². The highest BCUT2D eigenvalue weighted by Gasteiger charge is 2.23. The quantitative estimate of drug-likeness (QED) is 0.729. The molecule has 2 N–H and O–H groups in total. The molecule has 0 unspecified atom stereocenters. The Morgan fingerprint density at radius 3 is 2.68 bits per heavy atom. The molecule has 1 amide bonds. The van der Waals surface area contributed by atoms with Crippen LogP contribution in [-0.4, -0.2) is 51.4 Å². The number of halogens is 1. The first-order valence-electron chi connectivity index (χ1n) is 8.07. The average Bonchev–Trinajstić information content (AvgIpc) is 2.59. The number of nitrogens with one attached hydrogen (secondary N) is 2. The van der Waals surface area contributed by atoms with Crippen molar-refractivity contribution in [2.24, 2.45) is 0 Å². The molecule has 25 heavy (non-hydrogen) atoms. The molecule has 1 aromatic rings. The second-order valence-electron chi connectivity index (χ2n) is 6.14. The van der Waals surface area contributed by atoms with Crippen LogP contribution in [0.15, 0.2) is 40.8 Å². The summed E-state index contributed by atoms with van der Waals surface area (Å²) < 4.78 is 26.4. The van der Waals surface area contributed by atoms with Crippen molar-refractivity contribution in [1.29, 1.82) is 0 Å². The Hall–Kier alpha value is -1.41. The molecule has 0 radical (unpaired) electrons. The van der Waals surface area contributed by atoms with Crippen molar-refractivity contribution >= 4 is 28.3 Å². The van der Waals surface area contributed by atoms with E-state index < -0.39 is 10.0 Å². The standard InChI is InChI=1S/C17H25N3O3S.ClH/c1-13(2)20(3)24(22,23)16-6-4-5-15(11-16)17(21)19-12-14-7-9-18-10-8-14;/h4-7,11,13,18H,8-10,12H2,1-3H3,(H,19,21);1H. The zero-order valence-corrected chi connectivity index (χ0v) is 16.4. The summed E-state index contributed by atoms with van der Waals surface area (Å²) >= 11 is 0. The highest BCUT2D eigenvalue weighted by atomic mass is 35.5. The number of amides is 1. The maximum atomic E-state index is 12.5. The molecule has 0 saturated carbocycles. The first-order chi connectivity index (χ1) is 11.3. The Labute approximate surface area is 156 Å². The first kappa shape index (κ1) is 21.6. The maximum absolute atomic E-state index is 12.5. The summed E-state index contributed by atoms with van der Waals surface area (Å²) in [6.45, 7) is 5.84. The fourth-order valence-electron chi connectivity index (χ4n) is 2.37. The van der Waals surface area contributed by atoms with E-state index in [1.54, 1.807) is 26.0 Å². The Kier molecular flexibility index (Phi) is 8.08. The van der Waals surface area contributed by atoms with Gasteiger partial charge in [0.25, 0.3) is 5.91 Å². The van der Waals surface area contributed by atoms with Crippen LogP contribution in [0.1, 0.15) is 30.6 Å².